The first kappa shape index (κ1) is 13.9. The predicted molar refractivity (Wildman–Crippen MR) is 83.1 cm³/mol. The fourth-order valence-corrected chi connectivity index (χ4v) is 2.95. The monoisotopic (exact) mass is 283 g/mol. The van der Waals surface area contributed by atoms with Crippen molar-refractivity contribution >= 4 is 5.82 Å². The van der Waals surface area contributed by atoms with Crippen molar-refractivity contribution in [1.29, 1.82) is 0 Å². The lowest BCUT2D eigenvalue weighted by molar-refractivity contribution is 0.203. The highest BCUT2D eigenvalue weighted by Crippen LogP contribution is 2.30. The minimum atomic E-state index is 0.509. The van der Waals surface area contributed by atoms with E-state index in [0.29, 0.717) is 5.92 Å². The summed E-state index contributed by atoms with van der Waals surface area (Å²) in [6.07, 6.45) is 9.53. The van der Waals surface area contributed by atoms with Crippen LogP contribution < -0.4 is 5.32 Å². The van der Waals surface area contributed by atoms with Crippen LogP contribution in [0.3, 0.4) is 0 Å². The maximum atomic E-state index is 4.53. The van der Waals surface area contributed by atoms with Crippen LogP contribution in [0.4, 0.5) is 5.82 Å². The molecule has 0 saturated carbocycles. The molecule has 0 unspecified atom stereocenters. The van der Waals surface area contributed by atoms with Crippen LogP contribution in [0, 0.1) is 0 Å². The molecule has 3 rings (SSSR count). The fourth-order valence-electron chi connectivity index (χ4n) is 2.95. The SMILES string of the molecule is CNc1nccnc1C1CCN(Cc2ccncc2)CC1. The third-order valence-corrected chi connectivity index (χ3v) is 4.09. The van der Waals surface area contributed by atoms with Crippen LogP contribution in [0.5, 0.6) is 0 Å². The number of anilines is 1. The summed E-state index contributed by atoms with van der Waals surface area (Å²) in [6, 6.07) is 4.18. The summed E-state index contributed by atoms with van der Waals surface area (Å²) < 4.78 is 0. The van der Waals surface area contributed by atoms with Crippen LogP contribution >= 0.6 is 0 Å². The third-order valence-electron chi connectivity index (χ3n) is 4.09. The van der Waals surface area contributed by atoms with E-state index < -0.39 is 0 Å². The summed E-state index contributed by atoms with van der Waals surface area (Å²) in [6.45, 7) is 3.22. The van der Waals surface area contributed by atoms with E-state index in [-0.39, 0.29) is 0 Å². The first-order valence-electron chi connectivity index (χ1n) is 7.46. The molecule has 1 N–H and O–H groups in total. The minimum Gasteiger partial charge on any atom is -0.372 e. The van der Waals surface area contributed by atoms with Gasteiger partial charge in [0.15, 0.2) is 0 Å². The van der Waals surface area contributed by atoms with Crippen LogP contribution in [0.15, 0.2) is 36.9 Å². The number of piperidine rings is 1. The smallest absolute Gasteiger partial charge is 0.147 e. The first-order chi connectivity index (χ1) is 10.4. The molecule has 1 saturated heterocycles. The topological polar surface area (TPSA) is 53.9 Å². The molecule has 5 heteroatoms. The average Bonchev–Trinajstić information content (AvgIpc) is 2.56. The summed E-state index contributed by atoms with van der Waals surface area (Å²) in [5, 5.41) is 3.15. The molecule has 0 bridgehead atoms. The van der Waals surface area contributed by atoms with Crippen molar-refractivity contribution in [3.63, 3.8) is 0 Å². The largest absolute Gasteiger partial charge is 0.372 e. The van der Waals surface area contributed by atoms with Gasteiger partial charge in [-0.2, -0.15) is 0 Å². The van der Waals surface area contributed by atoms with E-state index >= 15 is 0 Å². The van der Waals surface area contributed by atoms with Crippen molar-refractivity contribution in [2.24, 2.45) is 0 Å². The molecular formula is C16H21N5. The Hall–Kier alpha value is -2.01. The number of rotatable bonds is 4. The Morgan fingerprint density at radius 3 is 2.52 bits per heavy atom. The Morgan fingerprint density at radius 1 is 1.10 bits per heavy atom. The van der Waals surface area contributed by atoms with E-state index in [1.165, 1.54) is 5.56 Å². The lowest BCUT2D eigenvalue weighted by Gasteiger charge is -2.32. The number of aromatic nitrogens is 3. The fraction of sp³-hybridized carbons (Fsp3) is 0.438. The zero-order valence-electron chi connectivity index (χ0n) is 12.4. The molecule has 110 valence electrons. The summed E-state index contributed by atoms with van der Waals surface area (Å²) in [7, 11) is 1.91. The van der Waals surface area contributed by atoms with Crippen molar-refractivity contribution in [2.45, 2.75) is 25.3 Å². The second-order valence-electron chi connectivity index (χ2n) is 5.45. The molecule has 1 aliphatic heterocycles. The van der Waals surface area contributed by atoms with Gasteiger partial charge >= 0.3 is 0 Å². The van der Waals surface area contributed by atoms with Gasteiger partial charge in [-0.05, 0) is 43.6 Å². The van der Waals surface area contributed by atoms with Crippen molar-refractivity contribution in [1.82, 2.24) is 19.9 Å². The van der Waals surface area contributed by atoms with Crippen LogP contribution in [-0.2, 0) is 6.54 Å². The maximum absolute atomic E-state index is 4.53. The zero-order valence-corrected chi connectivity index (χ0v) is 12.4. The van der Waals surface area contributed by atoms with Crippen LogP contribution in [-0.4, -0.2) is 40.0 Å². The zero-order chi connectivity index (χ0) is 14.5. The van der Waals surface area contributed by atoms with Gasteiger partial charge < -0.3 is 5.32 Å². The molecule has 2 aromatic heterocycles. The van der Waals surface area contributed by atoms with Gasteiger partial charge in [0.25, 0.3) is 0 Å². The third kappa shape index (κ3) is 3.36. The first-order valence-corrected chi connectivity index (χ1v) is 7.46. The normalized spacial score (nSPS) is 16.8. The second-order valence-corrected chi connectivity index (χ2v) is 5.45. The lowest BCUT2D eigenvalue weighted by Crippen LogP contribution is -2.33. The Balaban J connectivity index is 1.60. The van der Waals surface area contributed by atoms with E-state index in [4.69, 9.17) is 0 Å². The molecule has 0 spiro atoms. The van der Waals surface area contributed by atoms with Gasteiger partial charge in [-0.3, -0.25) is 14.9 Å². The molecule has 21 heavy (non-hydrogen) atoms. The molecule has 0 amide bonds. The summed E-state index contributed by atoms with van der Waals surface area (Å²) in [5.74, 6) is 1.43. The summed E-state index contributed by atoms with van der Waals surface area (Å²) in [4.78, 5) is 15.5. The van der Waals surface area contributed by atoms with Crippen LogP contribution in [0.25, 0.3) is 0 Å². The van der Waals surface area contributed by atoms with Gasteiger partial charge in [-0.15, -0.1) is 0 Å². The Kier molecular flexibility index (Phi) is 4.40. The van der Waals surface area contributed by atoms with Gasteiger partial charge in [0.05, 0.1) is 5.69 Å². The molecule has 2 aromatic rings. The summed E-state index contributed by atoms with van der Waals surface area (Å²) in [5.41, 5.74) is 2.45. The molecule has 3 heterocycles. The quantitative estimate of drug-likeness (QED) is 0.933. The molecule has 5 nitrogen and oxygen atoms in total. The molecule has 1 fully saturated rings. The van der Waals surface area contributed by atoms with Crippen molar-refractivity contribution < 1.29 is 0 Å². The number of hydrogen-bond acceptors (Lipinski definition) is 5. The van der Waals surface area contributed by atoms with E-state index in [1.54, 1.807) is 12.4 Å². The Bertz CT molecular complexity index is 564. The molecule has 0 atom stereocenters. The molecular weight excluding hydrogens is 262 g/mol. The standard InChI is InChI=1S/C16H21N5/c1-17-16-15(19-8-9-20-16)14-4-10-21(11-5-14)12-13-2-6-18-7-3-13/h2-3,6-9,14H,4-5,10-12H2,1H3,(H,17,20). The van der Waals surface area contributed by atoms with E-state index in [0.717, 1.165) is 44.0 Å². The average molecular weight is 283 g/mol. The van der Waals surface area contributed by atoms with E-state index in [9.17, 15) is 0 Å². The van der Waals surface area contributed by atoms with Crippen molar-refractivity contribution in [3.8, 4) is 0 Å². The predicted octanol–water partition coefficient (Wildman–Crippen LogP) is 2.29. The highest BCUT2D eigenvalue weighted by molar-refractivity contribution is 5.40. The molecule has 1 aliphatic rings. The number of pyridine rings is 1. The molecule has 0 radical (unpaired) electrons. The minimum absolute atomic E-state index is 0.509. The van der Waals surface area contributed by atoms with Crippen LogP contribution in [0.1, 0.15) is 30.0 Å². The molecule has 0 aromatic carbocycles. The number of likely N-dealkylation sites (tertiary alicyclic amines) is 1. The highest BCUT2D eigenvalue weighted by atomic mass is 15.1. The van der Waals surface area contributed by atoms with Crippen molar-refractivity contribution in [3.05, 3.63) is 48.2 Å². The van der Waals surface area contributed by atoms with Gasteiger partial charge in [-0.25, -0.2) is 4.98 Å². The van der Waals surface area contributed by atoms with E-state index in [1.807, 2.05) is 19.4 Å². The number of hydrogen-bond donors (Lipinski definition) is 1. The van der Waals surface area contributed by atoms with Gasteiger partial charge in [-0.1, -0.05) is 0 Å². The Morgan fingerprint density at radius 2 is 1.81 bits per heavy atom. The van der Waals surface area contributed by atoms with Gasteiger partial charge in [0.1, 0.15) is 5.82 Å². The van der Waals surface area contributed by atoms with Crippen molar-refractivity contribution in [2.75, 3.05) is 25.5 Å². The van der Waals surface area contributed by atoms with Gasteiger partial charge in [0, 0.05) is 44.3 Å². The van der Waals surface area contributed by atoms with E-state index in [2.05, 4.69) is 37.3 Å². The molecule has 0 aliphatic carbocycles. The second kappa shape index (κ2) is 6.63. The summed E-state index contributed by atoms with van der Waals surface area (Å²) >= 11 is 0. The number of nitrogens with one attached hydrogen (secondary N) is 1. The van der Waals surface area contributed by atoms with Crippen LogP contribution in [0.2, 0.25) is 0 Å². The number of nitrogens with zero attached hydrogens (tertiary/aromatic N) is 4. The Labute approximate surface area is 125 Å². The van der Waals surface area contributed by atoms with Gasteiger partial charge in [0.2, 0.25) is 0 Å². The highest BCUT2D eigenvalue weighted by Gasteiger charge is 2.23. The lowest BCUT2D eigenvalue weighted by atomic mass is 9.93. The maximum Gasteiger partial charge on any atom is 0.147 e.